The van der Waals surface area contributed by atoms with Crippen LogP contribution < -0.4 is 11.2 Å². The number of rotatable bonds is 12. The molecule has 0 bridgehead atoms. The van der Waals surface area contributed by atoms with Crippen molar-refractivity contribution in [3.8, 4) is 0 Å². The molecule has 2 heterocycles. The summed E-state index contributed by atoms with van der Waals surface area (Å²) in [5, 5.41) is 0. The van der Waals surface area contributed by atoms with Gasteiger partial charge in [0.2, 0.25) is 0 Å². The van der Waals surface area contributed by atoms with Crippen LogP contribution in [0.3, 0.4) is 0 Å². The summed E-state index contributed by atoms with van der Waals surface area (Å²) in [6.45, 7) is 13.2. The Morgan fingerprint density at radius 2 is 1.84 bits per heavy atom. The van der Waals surface area contributed by atoms with Gasteiger partial charge in [0.05, 0.1) is 12.7 Å². The van der Waals surface area contributed by atoms with Crippen molar-refractivity contribution in [2.75, 3.05) is 33.4 Å². The predicted molar refractivity (Wildman–Crippen MR) is 157 cm³/mol. The van der Waals surface area contributed by atoms with E-state index in [4.69, 9.17) is 18.7 Å². The second-order valence-corrected chi connectivity index (χ2v) is 12.1. The summed E-state index contributed by atoms with van der Waals surface area (Å²) >= 11 is 1.67. The van der Waals surface area contributed by atoms with Crippen LogP contribution in [0, 0.1) is 0 Å². The Bertz CT molecular complexity index is 889. The second-order valence-electron chi connectivity index (χ2n) is 10.1. The first-order valence-electron chi connectivity index (χ1n) is 13.6. The quantitative estimate of drug-likeness (QED) is 0.146. The summed E-state index contributed by atoms with van der Waals surface area (Å²) in [7, 11) is 0.848. The van der Waals surface area contributed by atoms with E-state index in [1.165, 1.54) is 48.9 Å². The molecule has 3 atom stereocenters. The first-order chi connectivity index (χ1) is 18.2. The van der Waals surface area contributed by atoms with E-state index < -0.39 is 26.0 Å². The summed E-state index contributed by atoms with van der Waals surface area (Å²) in [5.74, 6) is 0. The topological polar surface area (TPSA) is 107 Å². The minimum Gasteiger partial charge on any atom is -0.349 e. The molecule has 2 fully saturated rings. The molecule has 1 aromatic rings. The number of hydrogen-bond donors (Lipinski definition) is 1. The van der Waals surface area contributed by atoms with Gasteiger partial charge in [-0.2, -0.15) is 3.22 Å². The highest BCUT2D eigenvalue weighted by Crippen LogP contribution is 2.44. The van der Waals surface area contributed by atoms with E-state index in [0.29, 0.717) is 31.3 Å². The monoisotopic (exact) mass is 672 g/mol. The van der Waals surface area contributed by atoms with Gasteiger partial charge in [-0.3, -0.25) is 19.2 Å². The lowest BCUT2D eigenvalue weighted by atomic mass is 9.93. The average molecular weight is 673 g/mol. The van der Waals surface area contributed by atoms with Crippen LogP contribution in [0.1, 0.15) is 79.4 Å². The van der Waals surface area contributed by atoms with Crippen molar-refractivity contribution >= 4 is 31.5 Å². The smallest absolute Gasteiger partial charge is 0.330 e. The van der Waals surface area contributed by atoms with Crippen molar-refractivity contribution in [1.82, 2.24) is 19.1 Å². The first-order valence-corrected chi connectivity index (χ1v) is 15.6. The molecule has 0 radical (unpaired) electrons. The van der Waals surface area contributed by atoms with E-state index in [9.17, 15) is 9.59 Å². The van der Waals surface area contributed by atoms with Crippen molar-refractivity contribution in [1.29, 1.82) is 0 Å². The molecule has 0 amide bonds. The van der Waals surface area contributed by atoms with Gasteiger partial charge in [-0.05, 0) is 47.0 Å². The fraction of sp³-hybridized carbons (Fsp3) is 0.840. The van der Waals surface area contributed by atoms with Crippen molar-refractivity contribution < 1.29 is 21.9 Å². The lowest BCUT2D eigenvalue weighted by Gasteiger charge is -2.43. The van der Waals surface area contributed by atoms with Gasteiger partial charge in [-0.15, -0.1) is 0 Å². The van der Waals surface area contributed by atoms with Gasteiger partial charge in [0.1, 0.15) is 6.61 Å². The molecule has 2 aliphatic rings. The van der Waals surface area contributed by atoms with Crippen LogP contribution in [-0.2, 0) is 21.9 Å². The van der Waals surface area contributed by atoms with Gasteiger partial charge >= 0.3 is 5.69 Å². The average Bonchev–Trinajstić information content (AvgIpc) is 2.90. The zero-order valence-corrected chi connectivity index (χ0v) is 26.7. The van der Waals surface area contributed by atoms with Crippen molar-refractivity contribution in [3.05, 3.63) is 33.1 Å². The van der Waals surface area contributed by atoms with E-state index in [-0.39, 0.29) is 6.10 Å². The maximum Gasteiger partial charge on any atom is 0.330 e. The molecule has 0 aromatic carbocycles. The lowest BCUT2D eigenvalue weighted by Crippen LogP contribution is -2.53. The van der Waals surface area contributed by atoms with Crippen LogP contribution in [0.5, 0.6) is 0 Å². The number of H-pyrrole nitrogens is 1. The van der Waals surface area contributed by atoms with Gasteiger partial charge in [0, 0.05) is 50.6 Å². The maximum atomic E-state index is 12.1. The minimum atomic E-state index is -0.873. The number of morpholine rings is 1. The lowest BCUT2D eigenvalue weighted by molar-refractivity contribution is -0.224. The summed E-state index contributed by atoms with van der Waals surface area (Å²) in [4.78, 5) is 33.1. The Labute approximate surface area is 242 Å². The van der Waals surface area contributed by atoms with Gasteiger partial charge < -0.3 is 13.8 Å². The molecular weight excluding hydrogens is 626 g/mol. The summed E-state index contributed by atoms with van der Waals surface area (Å²) in [6.07, 6.45) is 7.99. The second kappa shape index (κ2) is 18.1. The van der Waals surface area contributed by atoms with E-state index in [0.717, 1.165) is 19.6 Å². The Morgan fingerprint density at radius 3 is 2.39 bits per heavy atom. The van der Waals surface area contributed by atoms with Crippen LogP contribution in [-0.4, -0.2) is 76.8 Å². The molecule has 1 saturated heterocycles. The minimum absolute atomic E-state index is 0.195. The third kappa shape index (κ3) is 10.9. The molecular formula is C25H46IN4O7P. The van der Waals surface area contributed by atoms with Crippen molar-refractivity contribution in [2.45, 2.75) is 104 Å². The number of hydrogen-bond acceptors (Lipinski definition) is 9. The largest absolute Gasteiger partial charge is 0.349 e. The zero-order chi connectivity index (χ0) is 28.1. The normalized spacial score (nSPS) is 22.1. The maximum absolute atomic E-state index is 12.1. The molecule has 3 rings (SSSR count). The summed E-state index contributed by atoms with van der Waals surface area (Å²) in [5.41, 5.74) is -0.864. The molecule has 0 spiro atoms. The molecule has 38 heavy (non-hydrogen) atoms. The third-order valence-corrected chi connectivity index (χ3v) is 8.81. The molecule has 220 valence electrons. The summed E-state index contributed by atoms with van der Waals surface area (Å²) in [6, 6.07) is 2.76. The van der Waals surface area contributed by atoms with Crippen LogP contribution >= 0.6 is 31.5 Å². The predicted octanol–water partition coefficient (Wildman–Crippen LogP) is 4.77. The standard InChI is InChI=1S/C15H22IN3O5.C10H24NO2P/c16-24-22-10-12-8-18(11-4-2-1-3-5-11)9-14(23-12)19-7-6-13(20)17-15(19)21;1-7-8-13-14(12-6)11(9(2)3)10(4)5/h6-7,11-12,14H,1-5,8-10H2,(H,17,20,21);9-10H,7-8H2,1-6H3/t12-,14+;/m0./s1. The van der Waals surface area contributed by atoms with Crippen LogP contribution in [0.4, 0.5) is 0 Å². The zero-order valence-electron chi connectivity index (χ0n) is 23.6. The Hall–Kier alpha value is -0.440. The van der Waals surface area contributed by atoms with Crippen LogP contribution in [0.15, 0.2) is 21.9 Å². The summed E-state index contributed by atoms with van der Waals surface area (Å²) < 4.78 is 25.5. The number of halogens is 1. The van der Waals surface area contributed by atoms with E-state index >= 15 is 0 Å². The number of aromatic nitrogens is 2. The Kier molecular flexibility index (Phi) is 16.1. The Balaban J connectivity index is 0.000000312. The molecule has 1 unspecified atom stereocenters. The fourth-order valence-electron chi connectivity index (χ4n) is 4.95. The number of ether oxygens (including phenoxy) is 1. The SMILES string of the molecule is CCCOP(OC)N(C(C)C)C(C)C.O=c1ccn([C@H]2CN(C3CCCCC3)C[C@@H](COOI)O2)c(=O)[nH]1. The van der Waals surface area contributed by atoms with Crippen LogP contribution in [0.25, 0.3) is 0 Å². The molecule has 11 nitrogen and oxygen atoms in total. The van der Waals surface area contributed by atoms with Crippen LogP contribution in [0.2, 0.25) is 0 Å². The van der Waals surface area contributed by atoms with E-state index in [1.807, 2.05) is 0 Å². The molecule has 1 saturated carbocycles. The highest BCUT2D eigenvalue weighted by atomic mass is 127. The fourth-order valence-corrected chi connectivity index (χ4v) is 6.61. The first kappa shape index (κ1) is 33.8. The molecule has 1 aliphatic carbocycles. The van der Waals surface area contributed by atoms with Gasteiger partial charge in [0.15, 0.2) is 29.2 Å². The molecule has 1 aliphatic heterocycles. The van der Waals surface area contributed by atoms with E-state index in [2.05, 4.69) is 52.4 Å². The highest BCUT2D eigenvalue weighted by molar-refractivity contribution is 14.1. The molecule has 1 N–H and O–H groups in total. The third-order valence-electron chi connectivity index (χ3n) is 6.54. The molecule has 13 heteroatoms. The highest BCUT2D eigenvalue weighted by Gasteiger charge is 2.34. The number of aromatic amines is 1. The van der Waals surface area contributed by atoms with Gasteiger partial charge in [-0.1, -0.05) is 26.2 Å². The van der Waals surface area contributed by atoms with Crippen molar-refractivity contribution in [3.63, 3.8) is 0 Å². The molecule has 1 aromatic heterocycles. The Morgan fingerprint density at radius 1 is 1.16 bits per heavy atom. The van der Waals surface area contributed by atoms with Gasteiger partial charge in [-0.25, -0.2) is 14.4 Å². The number of nitrogens with zero attached hydrogens (tertiary/aromatic N) is 3. The van der Waals surface area contributed by atoms with Crippen molar-refractivity contribution in [2.24, 2.45) is 0 Å². The van der Waals surface area contributed by atoms with Gasteiger partial charge in [0.25, 0.3) is 14.1 Å². The van der Waals surface area contributed by atoms with E-state index in [1.54, 1.807) is 30.1 Å². The number of nitrogens with one attached hydrogen (secondary N) is 1.